The van der Waals surface area contributed by atoms with Crippen molar-refractivity contribution in [2.45, 2.75) is 11.3 Å². The standard InChI is InChI=1S/C15H15F3N4O3S/c16-15(17,18)25-12-1-3-13(4-2-12)26(23,24)22-9-7-21(8-10-22)14-11-19-5-6-20-14/h1-6,11H,7-10H2. The van der Waals surface area contributed by atoms with Crippen LogP contribution in [0, 0.1) is 0 Å². The van der Waals surface area contributed by atoms with Crippen LogP contribution < -0.4 is 9.64 Å². The molecule has 1 aliphatic heterocycles. The Bertz CT molecular complexity index is 837. The lowest BCUT2D eigenvalue weighted by atomic mass is 10.3. The Kier molecular flexibility index (Phi) is 5.01. The monoisotopic (exact) mass is 388 g/mol. The zero-order valence-electron chi connectivity index (χ0n) is 13.4. The van der Waals surface area contributed by atoms with Crippen molar-refractivity contribution in [2.75, 3.05) is 31.1 Å². The number of alkyl halides is 3. The summed E-state index contributed by atoms with van der Waals surface area (Å²) in [5, 5.41) is 0. The minimum atomic E-state index is -4.82. The van der Waals surface area contributed by atoms with E-state index in [0.717, 1.165) is 24.3 Å². The Hall–Kier alpha value is -2.40. The van der Waals surface area contributed by atoms with Crippen molar-refractivity contribution in [1.29, 1.82) is 0 Å². The van der Waals surface area contributed by atoms with Crippen LogP contribution in [-0.4, -0.2) is 55.2 Å². The largest absolute Gasteiger partial charge is 0.573 e. The van der Waals surface area contributed by atoms with Gasteiger partial charge in [-0.15, -0.1) is 13.2 Å². The highest BCUT2D eigenvalue weighted by molar-refractivity contribution is 7.89. The molecule has 1 aliphatic rings. The minimum absolute atomic E-state index is 0.0834. The number of ether oxygens (including phenoxy) is 1. The fraction of sp³-hybridized carbons (Fsp3) is 0.333. The lowest BCUT2D eigenvalue weighted by Gasteiger charge is -2.34. The predicted molar refractivity (Wildman–Crippen MR) is 86.1 cm³/mol. The van der Waals surface area contributed by atoms with Gasteiger partial charge in [-0.1, -0.05) is 0 Å². The molecule has 140 valence electrons. The van der Waals surface area contributed by atoms with Gasteiger partial charge in [0.05, 0.1) is 11.1 Å². The molecule has 2 aromatic rings. The van der Waals surface area contributed by atoms with Crippen molar-refractivity contribution in [2.24, 2.45) is 0 Å². The normalized spacial score (nSPS) is 16.5. The Morgan fingerprint density at radius 2 is 1.65 bits per heavy atom. The Morgan fingerprint density at radius 1 is 1.00 bits per heavy atom. The molecule has 0 bridgehead atoms. The van der Waals surface area contributed by atoms with E-state index in [2.05, 4.69) is 14.7 Å². The highest BCUT2D eigenvalue weighted by atomic mass is 32.2. The molecule has 0 saturated carbocycles. The molecule has 3 rings (SSSR count). The van der Waals surface area contributed by atoms with Gasteiger partial charge in [0.15, 0.2) is 0 Å². The molecule has 1 saturated heterocycles. The number of rotatable bonds is 4. The summed E-state index contributed by atoms with van der Waals surface area (Å²) in [6.07, 6.45) is -0.111. The molecule has 0 N–H and O–H groups in total. The SMILES string of the molecule is O=S(=O)(c1ccc(OC(F)(F)F)cc1)N1CCN(c2cnccn2)CC1. The number of nitrogens with zero attached hydrogens (tertiary/aromatic N) is 4. The number of halogens is 3. The molecule has 0 unspecified atom stereocenters. The number of piperazine rings is 1. The van der Waals surface area contributed by atoms with Gasteiger partial charge in [0.2, 0.25) is 10.0 Å². The van der Waals surface area contributed by atoms with Crippen molar-refractivity contribution in [1.82, 2.24) is 14.3 Å². The number of hydrogen-bond acceptors (Lipinski definition) is 6. The summed E-state index contributed by atoms with van der Waals surface area (Å²) >= 11 is 0. The Morgan fingerprint density at radius 3 is 2.19 bits per heavy atom. The first kappa shape index (κ1) is 18.4. The summed E-state index contributed by atoms with van der Waals surface area (Å²) in [7, 11) is -3.79. The van der Waals surface area contributed by atoms with E-state index in [4.69, 9.17) is 0 Å². The minimum Gasteiger partial charge on any atom is -0.406 e. The summed E-state index contributed by atoms with van der Waals surface area (Å²) in [5.41, 5.74) is 0. The van der Waals surface area contributed by atoms with Gasteiger partial charge in [0.25, 0.3) is 0 Å². The maximum absolute atomic E-state index is 12.6. The number of benzene rings is 1. The molecule has 0 atom stereocenters. The smallest absolute Gasteiger partial charge is 0.406 e. The van der Waals surface area contributed by atoms with Crippen LogP contribution >= 0.6 is 0 Å². The van der Waals surface area contributed by atoms with E-state index in [1.54, 1.807) is 18.6 Å². The predicted octanol–water partition coefficient (Wildman–Crippen LogP) is 1.89. The molecule has 11 heteroatoms. The van der Waals surface area contributed by atoms with Gasteiger partial charge in [0.1, 0.15) is 11.6 Å². The first-order chi connectivity index (χ1) is 12.3. The van der Waals surface area contributed by atoms with Crippen molar-refractivity contribution >= 4 is 15.8 Å². The fourth-order valence-corrected chi connectivity index (χ4v) is 4.00. The van der Waals surface area contributed by atoms with Crippen LogP contribution in [0.3, 0.4) is 0 Å². The van der Waals surface area contributed by atoms with Crippen LogP contribution in [0.2, 0.25) is 0 Å². The van der Waals surface area contributed by atoms with Crippen molar-refractivity contribution in [3.8, 4) is 5.75 Å². The summed E-state index contributed by atoms with van der Waals surface area (Å²) in [6, 6.07) is 4.17. The maximum Gasteiger partial charge on any atom is 0.573 e. The van der Waals surface area contributed by atoms with Gasteiger partial charge in [-0.2, -0.15) is 4.31 Å². The van der Waals surface area contributed by atoms with E-state index in [-0.39, 0.29) is 18.0 Å². The average Bonchev–Trinajstić information content (AvgIpc) is 2.62. The molecular weight excluding hydrogens is 373 g/mol. The zero-order chi connectivity index (χ0) is 18.8. The second-order valence-electron chi connectivity index (χ2n) is 5.47. The van der Waals surface area contributed by atoms with Gasteiger partial charge in [-0.05, 0) is 24.3 Å². The number of anilines is 1. The van der Waals surface area contributed by atoms with Gasteiger partial charge >= 0.3 is 6.36 Å². The van der Waals surface area contributed by atoms with Crippen molar-refractivity contribution < 1.29 is 26.3 Å². The average molecular weight is 388 g/mol. The molecular formula is C15H15F3N4O3S. The van der Waals surface area contributed by atoms with Gasteiger partial charge in [-0.25, -0.2) is 13.4 Å². The fourth-order valence-electron chi connectivity index (χ4n) is 2.57. The number of sulfonamides is 1. The summed E-state index contributed by atoms with van der Waals surface area (Å²) < 4.78 is 66.9. The van der Waals surface area contributed by atoms with E-state index in [0.29, 0.717) is 18.9 Å². The summed E-state index contributed by atoms with van der Waals surface area (Å²) in [4.78, 5) is 9.99. The topological polar surface area (TPSA) is 75.6 Å². The third-order valence-electron chi connectivity index (χ3n) is 3.81. The van der Waals surface area contributed by atoms with Crippen molar-refractivity contribution in [3.05, 3.63) is 42.9 Å². The van der Waals surface area contributed by atoms with Gasteiger partial charge in [-0.3, -0.25) is 4.98 Å². The molecule has 26 heavy (non-hydrogen) atoms. The van der Waals surface area contributed by atoms with E-state index in [1.807, 2.05) is 4.90 Å². The highest BCUT2D eigenvalue weighted by Gasteiger charge is 2.32. The third-order valence-corrected chi connectivity index (χ3v) is 5.72. The van der Waals surface area contributed by atoms with E-state index in [9.17, 15) is 21.6 Å². The van der Waals surface area contributed by atoms with Crippen LogP contribution in [0.1, 0.15) is 0 Å². The first-order valence-electron chi connectivity index (χ1n) is 7.63. The van der Waals surface area contributed by atoms with Crippen LogP contribution in [-0.2, 0) is 10.0 Å². The molecule has 1 aromatic heterocycles. The van der Waals surface area contributed by atoms with Crippen LogP contribution in [0.4, 0.5) is 19.0 Å². The Balaban J connectivity index is 1.67. The third kappa shape index (κ3) is 4.22. The van der Waals surface area contributed by atoms with Gasteiger partial charge in [0, 0.05) is 38.6 Å². The molecule has 0 aliphatic carbocycles. The first-order valence-corrected chi connectivity index (χ1v) is 9.07. The highest BCUT2D eigenvalue weighted by Crippen LogP contribution is 2.25. The second-order valence-corrected chi connectivity index (χ2v) is 7.41. The number of hydrogen-bond donors (Lipinski definition) is 0. The molecule has 0 amide bonds. The second kappa shape index (κ2) is 7.08. The van der Waals surface area contributed by atoms with Crippen LogP contribution in [0.15, 0.2) is 47.8 Å². The number of aromatic nitrogens is 2. The summed E-state index contributed by atoms with van der Waals surface area (Å²) in [6.45, 7) is 1.35. The molecule has 1 aromatic carbocycles. The lowest BCUT2D eigenvalue weighted by Crippen LogP contribution is -2.48. The van der Waals surface area contributed by atoms with E-state index >= 15 is 0 Å². The molecule has 0 spiro atoms. The quantitative estimate of drug-likeness (QED) is 0.796. The van der Waals surface area contributed by atoms with Crippen LogP contribution in [0.25, 0.3) is 0 Å². The van der Waals surface area contributed by atoms with Crippen LogP contribution in [0.5, 0.6) is 5.75 Å². The molecule has 2 heterocycles. The summed E-state index contributed by atoms with van der Waals surface area (Å²) in [5.74, 6) is 0.196. The molecule has 1 fully saturated rings. The zero-order valence-corrected chi connectivity index (χ0v) is 14.2. The molecule has 7 nitrogen and oxygen atoms in total. The van der Waals surface area contributed by atoms with Crippen molar-refractivity contribution in [3.63, 3.8) is 0 Å². The molecule has 0 radical (unpaired) electrons. The van der Waals surface area contributed by atoms with Gasteiger partial charge < -0.3 is 9.64 Å². The maximum atomic E-state index is 12.6. The van der Waals surface area contributed by atoms with E-state index < -0.39 is 22.1 Å². The van der Waals surface area contributed by atoms with E-state index in [1.165, 1.54) is 4.31 Å². The Labute approximate surface area is 148 Å². The lowest BCUT2D eigenvalue weighted by molar-refractivity contribution is -0.274.